The predicted octanol–water partition coefficient (Wildman–Crippen LogP) is 9.89. The number of aliphatic hydroxyl groups excluding tert-OH is 11. The number of aliphatic hydroxyl groups is 11. The molecule has 0 aromatic rings. The SMILES string of the molecule is CCCCCCCCCCCCCCCCCCCCCCCCCCCCCCCCCCCCCCCC(=O)NC(COC1OC(CO)C(OC2OC(CO)C(OC3OC(CO)C(O)C(O)C3O)C(O)C2O)C(O)C1O)C(O)CCCCCCCC. The maximum Gasteiger partial charge on any atom is 0.220 e. The number of nitrogens with one attached hydrogen (secondary N) is 1. The van der Waals surface area contributed by atoms with Crippen LogP contribution >= 0.6 is 0 Å². The van der Waals surface area contributed by atoms with Gasteiger partial charge in [0.1, 0.15) is 73.2 Å². The Hall–Kier alpha value is -1.21. The standard InChI is InChI=1S/C69H133NO18/c1-3-5-7-9-11-12-13-14-15-16-17-18-19-20-21-22-23-24-25-26-27-28-29-30-31-32-33-34-35-36-37-38-39-40-41-43-45-47-57(75)70-52(53(74)46-44-42-10-8-6-4-2)51-83-67-63(81)60(78)65(55(49-72)85-67)88-69-64(82)61(79)66(56(50-73)86-69)87-68-62(80)59(77)58(76)54(48-71)84-68/h52-56,58-69,71-74,76-82H,3-51H2,1-2H3,(H,70,75). The van der Waals surface area contributed by atoms with Gasteiger partial charge in [-0.25, -0.2) is 0 Å². The molecular formula is C69H133NO18. The molecule has 17 atom stereocenters. The molecule has 3 rings (SSSR count). The average molecular weight is 1260 g/mol. The molecule has 19 nitrogen and oxygen atoms in total. The Morgan fingerprint density at radius 2 is 0.648 bits per heavy atom. The molecule has 3 fully saturated rings. The molecule has 17 unspecified atom stereocenters. The van der Waals surface area contributed by atoms with Crippen molar-refractivity contribution in [3.05, 3.63) is 0 Å². The first-order valence-corrected chi connectivity index (χ1v) is 36.3. The van der Waals surface area contributed by atoms with Crippen LogP contribution in [-0.2, 0) is 33.2 Å². The third-order valence-corrected chi connectivity index (χ3v) is 18.7. The van der Waals surface area contributed by atoms with E-state index < -0.39 is 124 Å². The zero-order chi connectivity index (χ0) is 64.0. The van der Waals surface area contributed by atoms with Crippen molar-refractivity contribution >= 4 is 5.91 Å². The first-order valence-electron chi connectivity index (χ1n) is 36.3. The lowest BCUT2D eigenvalue weighted by atomic mass is 9.96. The van der Waals surface area contributed by atoms with Crippen LogP contribution in [0.1, 0.15) is 303 Å². The van der Waals surface area contributed by atoms with E-state index in [4.69, 9.17) is 28.4 Å². The summed E-state index contributed by atoms with van der Waals surface area (Å²) in [6.07, 6.45) is 30.2. The summed E-state index contributed by atoms with van der Waals surface area (Å²) in [5.74, 6) is -0.242. The molecule has 12 N–H and O–H groups in total. The Morgan fingerprint density at radius 1 is 0.364 bits per heavy atom. The van der Waals surface area contributed by atoms with Crippen LogP contribution in [0.4, 0.5) is 0 Å². The first-order chi connectivity index (χ1) is 42.8. The summed E-state index contributed by atoms with van der Waals surface area (Å²) in [6.45, 7) is 1.75. The van der Waals surface area contributed by atoms with Gasteiger partial charge in [0.2, 0.25) is 5.91 Å². The van der Waals surface area contributed by atoms with Crippen LogP contribution in [0.25, 0.3) is 0 Å². The maximum absolute atomic E-state index is 13.3. The van der Waals surface area contributed by atoms with Crippen molar-refractivity contribution in [2.24, 2.45) is 0 Å². The number of unbranched alkanes of at least 4 members (excludes halogenated alkanes) is 41. The third kappa shape index (κ3) is 33.8. The van der Waals surface area contributed by atoms with Crippen molar-refractivity contribution in [3.63, 3.8) is 0 Å². The number of hydrogen-bond donors (Lipinski definition) is 12. The maximum atomic E-state index is 13.3. The van der Waals surface area contributed by atoms with Crippen LogP contribution in [0.15, 0.2) is 0 Å². The van der Waals surface area contributed by atoms with E-state index in [0.717, 1.165) is 57.8 Å². The van der Waals surface area contributed by atoms with Crippen LogP contribution in [-0.4, -0.2) is 193 Å². The van der Waals surface area contributed by atoms with E-state index >= 15 is 0 Å². The van der Waals surface area contributed by atoms with Crippen molar-refractivity contribution in [1.29, 1.82) is 0 Å². The van der Waals surface area contributed by atoms with Crippen molar-refractivity contribution in [1.82, 2.24) is 5.32 Å². The van der Waals surface area contributed by atoms with Crippen molar-refractivity contribution in [2.45, 2.75) is 407 Å². The van der Waals surface area contributed by atoms with Gasteiger partial charge >= 0.3 is 0 Å². The van der Waals surface area contributed by atoms with Gasteiger partial charge in [0, 0.05) is 6.42 Å². The highest BCUT2D eigenvalue weighted by atomic mass is 16.8. The van der Waals surface area contributed by atoms with Crippen molar-refractivity contribution in [3.8, 4) is 0 Å². The Kier molecular flexibility index (Phi) is 48.0. The molecule has 0 saturated carbocycles. The fourth-order valence-electron chi connectivity index (χ4n) is 12.8. The normalized spacial score (nSPS) is 28.3. The van der Waals surface area contributed by atoms with E-state index in [-0.39, 0.29) is 18.9 Å². The van der Waals surface area contributed by atoms with Crippen LogP contribution in [0.3, 0.4) is 0 Å². The van der Waals surface area contributed by atoms with Crippen molar-refractivity contribution in [2.75, 3.05) is 26.4 Å². The van der Waals surface area contributed by atoms with Crippen LogP contribution in [0.5, 0.6) is 0 Å². The molecular weight excluding hydrogens is 1130 g/mol. The molecule has 0 spiro atoms. The Labute approximate surface area is 532 Å². The van der Waals surface area contributed by atoms with Gasteiger partial charge in [-0.2, -0.15) is 0 Å². The molecule has 19 heteroatoms. The fraction of sp³-hybridized carbons (Fsp3) is 0.986. The molecule has 88 heavy (non-hydrogen) atoms. The highest BCUT2D eigenvalue weighted by Gasteiger charge is 2.53. The first kappa shape index (κ1) is 81.0. The molecule has 0 aromatic heterocycles. The molecule has 0 radical (unpaired) electrons. The number of amides is 1. The summed E-state index contributed by atoms with van der Waals surface area (Å²) in [5, 5.41) is 120. The number of carbonyl (C=O) groups excluding carboxylic acids is 1. The monoisotopic (exact) mass is 1260 g/mol. The highest BCUT2D eigenvalue weighted by molar-refractivity contribution is 5.76. The van der Waals surface area contributed by atoms with Crippen LogP contribution in [0.2, 0.25) is 0 Å². The number of rotatable bonds is 57. The average Bonchev–Trinajstić information content (AvgIpc) is 0.949. The summed E-state index contributed by atoms with van der Waals surface area (Å²) >= 11 is 0. The number of ether oxygens (including phenoxy) is 6. The molecule has 0 aliphatic carbocycles. The second-order valence-electron chi connectivity index (χ2n) is 26.4. The molecule has 3 saturated heterocycles. The predicted molar refractivity (Wildman–Crippen MR) is 342 cm³/mol. The molecule has 3 aliphatic heterocycles. The minimum atomic E-state index is -1.97. The zero-order valence-corrected chi connectivity index (χ0v) is 55.2. The van der Waals surface area contributed by atoms with Gasteiger partial charge in [-0.3, -0.25) is 4.79 Å². The smallest absolute Gasteiger partial charge is 0.220 e. The van der Waals surface area contributed by atoms with E-state index in [9.17, 15) is 61.0 Å². The summed E-state index contributed by atoms with van der Waals surface area (Å²) in [7, 11) is 0. The molecule has 0 bridgehead atoms. The topological polar surface area (TPSA) is 307 Å². The zero-order valence-electron chi connectivity index (χ0n) is 55.2. The van der Waals surface area contributed by atoms with Gasteiger partial charge in [-0.05, 0) is 12.8 Å². The lowest BCUT2D eigenvalue weighted by Gasteiger charge is -2.48. The highest BCUT2D eigenvalue weighted by Crippen LogP contribution is 2.33. The molecule has 3 aliphatic rings. The second kappa shape index (κ2) is 52.1. The van der Waals surface area contributed by atoms with E-state index in [1.165, 1.54) is 212 Å². The van der Waals surface area contributed by atoms with Crippen LogP contribution < -0.4 is 5.32 Å². The van der Waals surface area contributed by atoms with E-state index in [0.29, 0.717) is 12.8 Å². The lowest BCUT2D eigenvalue weighted by molar-refractivity contribution is -0.379. The van der Waals surface area contributed by atoms with Gasteiger partial charge in [-0.15, -0.1) is 0 Å². The van der Waals surface area contributed by atoms with E-state index in [1.807, 2.05) is 0 Å². The van der Waals surface area contributed by atoms with Gasteiger partial charge in [-0.1, -0.05) is 284 Å². The van der Waals surface area contributed by atoms with E-state index in [1.54, 1.807) is 0 Å². The van der Waals surface area contributed by atoms with Crippen LogP contribution in [0, 0.1) is 0 Å². The van der Waals surface area contributed by atoms with Crippen molar-refractivity contribution < 1.29 is 89.4 Å². The largest absolute Gasteiger partial charge is 0.394 e. The Morgan fingerprint density at radius 3 is 0.989 bits per heavy atom. The number of hydrogen-bond acceptors (Lipinski definition) is 18. The minimum Gasteiger partial charge on any atom is -0.394 e. The third-order valence-electron chi connectivity index (χ3n) is 18.7. The summed E-state index contributed by atoms with van der Waals surface area (Å²) < 4.78 is 34.2. The summed E-state index contributed by atoms with van der Waals surface area (Å²) in [5.41, 5.74) is 0. The lowest BCUT2D eigenvalue weighted by Crippen LogP contribution is -2.66. The minimum absolute atomic E-state index is 0.242. The second-order valence-corrected chi connectivity index (χ2v) is 26.4. The Bertz CT molecular complexity index is 1600. The summed E-state index contributed by atoms with van der Waals surface area (Å²) in [4.78, 5) is 13.3. The quantitative estimate of drug-likeness (QED) is 0.0252. The van der Waals surface area contributed by atoms with E-state index in [2.05, 4.69) is 19.2 Å². The molecule has 522 valence electrons. The van der Waals surface area contributed by atoms with Gasteiger partial charge in [0.25, 0.3) is 0 Å². The van der Waals surface area contributed by atoms with Gasteiger partial charge in [0.15, 0.2) is 18.9 Å². The summed E-state index contributed by atoms with van der Waals surface area (Å²) in [6, 6.07) is -0.878. The van der Waals surface area contributed by atoms with Gasteiger partial charge in [0.05, 0.1) is 38.6 Å². The molecule has 1 amide bonds. The number of carbonyl (C=O) groups is 1. The van der Waals surface area contributed by atoms with Gasteiger partial charge < -0.3 is 89.9 Å². The molecule has 0 aromatic carbocycles. The fourth-order valence-corrected chi connectivity index (χ4v) is 12.8. The molecule has 3 heterocycles. The Balaban J connectivity index is 1.23.